The van der Waals surface area contributed by atoms with Crippen LogP contribution in [-0.2, 0) is 15.7 Å². The molecular weight excluding hydrogens is 488 g/mol. The first-order valence-corrected chi connectivity index (χ1v) is 13.8. The Morgan fingerprint density at radius 1 is 1.21 bits per heavy atom. The summed E-state index contributed by atoms with van der Waals surface area (Å²) in [5.41, 5.74) is 3.95. The Bertz CT molecular complexity index is 1140. The Hall–Kier alpha value is -1.48. The van der Waals surface area contributed by atoms with Gasteiger partial charge in [-0.25, -0.2) is 9.50 Å². The van der Waals surface area contributed by atoms with E-state index in [-0.39, 0.29) is 36.0 Å². The smallest absolute Gasteiger partial charge is 0.243 e. The Balaban J connectivity index is 1.31. The number of nitrogens with one attached hydrogen (secondary N) is 1. The van der Waals surface area contributed by atoms with Gasteiger partial charge >= 0.3 is 0 Å². The van der Waals surface area contributed by atoms with Gasteiger partial charge in [-0.3, -0.25) is 0 Å². The molecule has 33 heavy (non-hydrogen) atoms. The zero-order chi connectivity index (χ0) is 22.9. The van der Waals surface area contributed by atoms with Crippen molar-refractivity contribution >= 4 is 39.8 Å². The first-order chi connectivity index (χ1) is 16.0. The molecule has 4 atom stereocenters. The van der Waals surface area contributed by atoms with E-state index in [0.29, 0.717) is 11.5 Å². The first kappa shape index (κ1) is 23.3. The second kappa shape index (κ2) is 10.0. The number of nitrogens with zero attached hydrogens (tertiary/aromatic N) is 4. The van der Waals surface area contributed by atoms with Crippen molar-refractivity contribution in [2.45, 2.75) is 43.9 Å². The summed E-state index contributed by atoms with van der Waals surface area (Å²) in [4.78, 5) is 36.7. The lowest BCUT2D eigenvalue weighted by atomic mass is 10.1. The maximum atomic E-state index is 9.74. The maximum absolute atomic E-state index is 9.74. The minimum Gasteiger partial charge on any atom is -0.366 e. The Morgan fingerprint density at radius 2 is 2.06 bits per heavy atom. The van der Waals surface area contributed by atoms with Crippen LogP contribution >= 0.6 is 28.4 Å². The molecule has 2 aliphatic rings. The van der Waals surface area contributed by atoms with Gasteiger partial charge in [-0.15, -0.1) is 5.10 Å². The van der Waals surface area contributed by atoms with Gasteiger partial charge in [0.2, 0.25) is 5.28 Å². The molecule has 0 spiro atoms. The van der Waals surface area contributed by atoms with Crippen LogP contribution in [0.3, 0.4) is 0 Å². The predicted molar refractivity (Wildman–Crippen MR) is 125 cm³/mol. The lowest BCUT2D eigenvalue weighted by Crippen LogP contribution is -2.15. The van der Waals surface area contributed by atoms with Gasteiger partial charge in [0, 0.05) is 0 Å². The minimum absolute atomic E-state index is 0.115. The SMILES string of the molecule is OP(O)CP(O)OCC1CCC(c2cnc3c(NC4CCc5ccccc54)nc(Cl)nn23)O1. The third-order valence-corrected chi connectivity index (χ3v) is 8.49. The van der Waals surface area contributed by atoms with Crippen molar-refractivity contribution in [3.63, 3.8) is 0 Å². The summed E-state index contributed by atoms with van der Waals surface area (Å²) in [6.45, 7) is 0.183. The Labute approximate surface area is 197 Å². The van der Waals surface area contributed by atoms with Gasteiger partial charge in [-0.05, 0) is 48.4 Å². The number of aryl methyl sites for hydroxylation is 1. The number of hydrogen-bond donors (Lipinski definition) is 4. The molecule has 4 unspecified atom stereocenters. The van der Waals surface area contributed by atoms with Crippen LogP contribution in [0.2, 0.25) is 5.28 Å². The monoisotopic (exact) mass is 511 g/mol. The molecule has 176 valence electrons. The lowest BCUT2D eigenvalue weighted by molar-refractivity contribution is 0.0151. The van der Waals surface area contributed by atoms with E-state index >= 15 is 0 Å². The van der Waals surface area contributed by atoms with Crippen molar-refractivity contribution in [2.75, 3.05) is 17.8 Å². The second-order valence-electron chi connectivity index (χ2n) is 8.07. The van der Waals surface area contributed by atoms with E-state index in [1.54, 1.807) is 10.7 Å². The van der Waals surface area contributed by atoms with E-state index in [1.165, 1.54) is 11.1 Å². The van der Waals surface area contributed by atoms with Crippen molar-refractivity contribution < 1.29 is 23.9 Å². The highest BCUT2D eigenvalue weighted by molar-refractivity contribution is 7.63. The zero-order valence-electron chi connectivity index (χ0n) is 17.6. The number of aromatic nitrogens is 4. The van der Waals surface area contributed by atoms with Gasteiger partial charge in [-0.2, -0.15) is 4.98 Å². The first-order valence-electron chi connectivity index (χ1n) is 10.6. The molecule has 0 amide bonds. The van der Waals surface area contributed by atoms with Crippen LogP contribution in [0.4, 0.5) is 5.82 Å². The van der Waals surface area contributed by atoms with Crippen LogP contribution in [-0.4, -0.2) is 52.9 Å². The van der Waals surface area contributed by atoms with E-state index in [2.05, 4.69) is 38.6 Å². The van der Waals surface area contributed by atoms with Crippen molar-refractivity contribution in [3.05, 3.63) is 52.6 Å². The lowest BCUT2D eigenvalue weighted by Gasteiger charge is -2.17. The van der Waals surface area contributed by atoms with Gasteiger partial charge < -0.3 is 29.3 Å². The van der Waals surface area contributed by atoms with Crippen molar-refractivity contribution in [2.24, 2.45) is 0 Å². The van der Waals surface area contributed by atoms with Gasteiger partial charge in [-0.1, -0.05) is 24.3 Å². The fourth-order valence-corrected chi connectivity index (χ4v) is 6.12. The molecule has 0 radical (unpaired) electrons. The molecule has 2 aromatic heterocycles. The number of halogens is 1. The molecule has 4 N–H and O–H groups in total. The topological polar surface area (TPSA) is 134 Å². The number of imidazole rings is 1. The van der Waals surface area contributed by atoms with Gasteiger partial charge in [0.1, 0.15) is 6.10 Å². The summed E-state index contributed by atoms with van der Waals surface area (Å²) in [6, 6.07) is 8.51. The molecule has 3 aromatic rings. The average Bonchev–Trinajstić information content (AvgIpc) is 3.50. The standard InChI is InChI=1S/C20H24ClN5O5P2/c21-20-24-18(23-15-7-5-12-3-1-2-4-14(12)15)19-22-9-16(26(19)25-20)17-8-6-13(31-17)10-30-33(29)11-32(27)28/h1-4,9,13,15,17,27-29H,5-8,10-11H2,(H,23,24,25). The van der Waals surface area contributed by atoms with E-state index in [9.17, 15) is 4.89 Å². The normalized spacial score (nSPS) is 23.4. The fraction of sp³-hybridized carbons (Fsp3) is 0.450. The molecule has 1 aliphatic carbocycles. The van der Waals surface area contributed by atoms with E-state index < -0.39 is 16.8 Å². The van der Waals surface area contributed by atoms with Crippen LogP contribution in [0.1, 0.15) is 48.2 Å². The van der Waals surface area contributed by atoms with Crippen molar-refractivity contribution in [1.82, 2.24) is 19.6 Å². The molecule has 13 heteroatoms. The largest absolute Gasteiger partial charge is 0.366 e. The summed E-state index contributed by atoms with van der Waals surface area (Å²) < 4.78 is 13.1. The number of anilines is 1. The molecule has 10 nitrogen and oxygen atoms in total. The van der Waals surface area contributed by atoms with E-state index in [4.69, 9.17) is 30.6 Å². The third kappa shape index (κ3) is 5.14. The molecule has 1 fully saturated rings. The van der Waals surface area contributed by atoms with E-state index in [0.717, 1.165) is 31.4 Å². The van der Waals surface area contributed by atoms with Gasteiger partial charge in [0.25, 0.3) is 0 Å². The number of fused-ring (bicyclic) bond motifs is 2. The van der Waals surface area contributed by atoms with Gasteiger partial charge in [0.05, 0.1) is 36.5 Å². The summed E-state index contributed by atoms with van der Waals surface area (Å²) >= 11 is 6.26. The van der Waals surface area contributed by atoms with Crippen LogP contribution in [0.5, 0.6) is 0 Å². The van der Waals surface area contributed by atoms with Crippen molar-refractivity contribution in [1.29, 1.82) is 0 Å². The van der Waals surface area contributed by atoms with Crippen LogP contribution in [0, 0.1) is 0 Å². The summed E-state index contributed by atoms with van der Waals surface area (Å²) in [7, 11) is -4.05. The second-order valence-corrected chi connectivity index (χ2v) is 11.2. The van der Waals surface area contributed by atoms with Crippen LogP contribution in [0.15, 0.2) is 30.5 Å². The predicted octanol–water partition coefficient (Wildman–Crippen LogP) is 3.67. The molecule has 0 saturated carbocycles. The summed E-state index contributed by atoms with van der Waals surface area (Å²) in [6.07, 6.45) is 4.70. The quantitative estimate of drug-likeness (QED) is 0.334. The molecule has 3 heterocycles. The Morgan fingerprint density at radius 3 is 2.91 bits per heavy atom. The third-order valence-electron chi connectivity index (χ3n) is 5.90. The molecular formula is C20H24ClN5O5P2. The fourth-order valence-electron chi connectivity index (χ4n) is 4.43. The highest BCUT2D eigenvalue weighted by Crippen LogP contribution is 2.45. The maximum Gasteiger partial charge on any atom is 0.243 e. The number of rotatable bonds is 8. The highest BCUT2D eigenvalue weighted by Gasteiger charge is 2.31. The zero-order valence-corrected chi connectivity index (χ0v) is 20.1. The summed E-state index contributed by atoms with van der Waals surface area (Å²) in [5.74, 6) is 0.432. The highest BCUT2D eigenvalue weighted by atomic mass is 35.5. The number of hydrogen-bond acceptors (Lipinski definition) is 9. The molecule has 1 saturated heterocycles. The summed E-state index contributed by atoms with van der Waals surface area (Å²) in [5, 5.41) is 7.97. The molecule has 1 aromatic carbocycles. The average molecular weight is 512 g/mol. The van der Waals surface area contributed by atoms with Crippen molar-refractivity contribution in [3.8, 4) is 0 Å². The molecule has 5 rings (SSSR count). The Kier molecular flexibility index (Phi) is 7.07. The van der Waals surface area contributed by atoms with Crippen LogP contribution in [0.25, 0.3) is 5.65 Å². The number of benzene rings is 1. The van der Waals surface area contributed by atoms with Crippen LogP contribution < -0.4 is 5.32 Å². The molecule has 0 bridgehead atoms. The van der Waals surface area contributed by atoms with E-state index in [1.807, 2.05) is 6.07 Å². The van der Waals surface area contributed by atoms with Gasteiger partial charge in [0.15, 0.2) is 28.2 Å². The number of ether oxygens (including phenoxy) is 1. The minimum atomic E-state index is -2.18. The molecule has 1 aliphatic heterocycles.